The largest absolute Gasteiger partial charge is 0.490 e. The fourth-order valence-corrected chi connectivity index (χ4v) is 3.07. The van der Waals surface area contributed by atoms with Crippen LogP contribution in [0.25, 0.3) is 10.9 Å². The second-order valence-corrected chi connectivity index (χ2v) is 6.56. The van der Waals surface area contributed by atoms with Gasteiger partial charge in [0.2, 0.25) is 0 Å². The summed E-state index contributed by atoms with van der Waals surface area (Å²) in [6.45, 7) is 2.47. The van der Waals surface area contributed by atoms with Crippen LogP contribution in [0.4, 0.5) is 13.2 Å². The van der Waals surface area contributed by atoms with Gasteiger partial charge in [0.1, 0.15) is 18.5 Å². The van der Waals surface area contributed by atoms with Gasteiger partial charge in [-0.2, -0.15) is 18.3 Å². The molecule has 0 fully saturated rings. The van der Waals surface area contributed by atoms with Crippen molar-refractivity contribution < 1.29 is 23.0 Å². The Bertz CT molecular complexity index is 924. The molecule has 28 heavy (non-hydrogen) atoms. The third-order valence-corrected chi connectivity index (χ3v) is 4.44. The number of aliphatic hydroxyl groups is 1. The number of benzene rings is 2. The van der Waals surface area contributed by atoms with Crippen LogP contribution in [0, 0.1) is 6.92 Å². The van der Waals surface area contributed by atoms with Crippen molar-refractivity contribution in [1.29, 1.82) is 0 Å². The molecule has 3 rings (SSSR count). The van der Waals surface area contributed by atoms with E-state index in [1.54, 1.807) is 12.1 Å². The molecule has 3 N–H and O–H groups in total. The number of rotatable bonds is 8. The predicted octanol–water partition coefficient (Wildman–Crippen LogP) is 3.46. The summed E-state index contributed by atoms with van der Waals surface area (Å²) in [6.07, 6.45) is -4.94. The number of hydrogen-bond acceptors (Lipinski definition) is 4. The molecule has 8 heteroatoms. The van der Waals surface area contributed by atoms with Gasteiger partial charge in [-0.05, 0) is 43.7 Å². The Morgan fingerprint density at radius 3 is 2.75 bits per heavy atom. The van der Waals surface area contributed by atoms with E-state index in [4.69, 9.17) is 4.74 Å². The first-order valence-corrected chi connectivity index (χ1v) is 8.96. The summed E-state index contributed by atoms with van der Waals surface area (Å²) in [5.41, 5.74) is 1.27. The second kappa shape index (κ2) is 8.62. The summed E-state index contributed by atoms with van der Waals surface area (Å²) < 4.78 is 44.6. The molecular weight excluding hydrogens is 371 g/mol. The molecule has 0 aliphatic heterocycles. The third kappa shape index (κ3) is 4.82. The second-order valence-electron chi connectivity index (χ2n) is 6.56. The number of aromatic nitrogens is 2. The number of alkyl halides is 3. The monoisotopic (exact) mass is 393 g/mol. The van der Waals surface area contributed by atoms with Crippen LogP contribution in [0.5, 0.6) is 5.75 Å². The first kappa shape index (κ1) is 20.2. The molecule has 0 spiro atoms. The van der Waals surface area contributed by atoms with Crippen molar-refractivity contribution in [1.82, 2.24) is 15.5 Å². The number of hydrogen-bond donors (Lipinski definition) is 3. The van der Waals surface area contributed by atoms with Gasteiger partial charge in [-0.25, -0.2) is 0 Å². The Morgan fingerprint density at radius 1 is 1.18 bits per heavy atom. The number of H-pyrrole nitrogens is 1. The lowest BCUT2D eigenvalue weighted by atomic mass is 10.0. The normalized spacial score (nSPS) is 13.0. The van der Waals surface area contributed by atoms with Crippen molar-refractivity contribution in [3.05, 3.63) is 59.3 Å². The van der Waals surface area contributed by atoms with Crippen LogP contribution in [-0.4, -0.2) is 41.1 Å². The van der Waals surface area contributed by atoms with Crippen molar-refractivity contribution >= 4 is 10.9 Å². The van der Waals surface area contributed by atoms with E-state index in [-0.39, 0.29) is 25.1 Å². The molecule has 1 atom stereocenters. The van der Waals surface area contributed by atoms with Gasteiger partial charge < -0.3 is 15.2 Å². The maximum atomic E-state index is 13.0. The molecule has 0 aliphatic rings. The van der Waals surface area contributed by atoms with Crippen LogP contribution in [0.3, 0.4) is 0 Å². The Kier molecular flexibility index (Phi) is 6.21. The van der Waals surface area contributed by atoms with Crippen LogP contribution in [-0.2, 0) is 12.6 Å². The smallest absolute Gasteiger partial charge is 0.416 e. The van der Waals surface area contributed by atoms with Crippen molar-refractivity contribution in [3.63, 3.8) is 0 Å². The van der Waals surface area contributed by atoms with Crippen LogP contribution >= 0.6 is 0 Å². The average Bonchev–Trinajstić information content (AvgIpc) is 3.05. The lowest BCUT2D eigenvalue weighted by Gasteiger charge is -2.15. The molecule has 0 radical (unpaired) electrons. The molecule has 0 saturated heterocycles. The molecule has 0 unspecified atom stereocenters. The standard InChI is InChI=1S/C20H22F3N3O2/c1-13-19-17(26-25-13)7-4-8-18(19)28-12-15(27)11-24-10-9-14-5-2-3-6-16(14)20(21,22)23/h2-8,15,24,27H,9-12H2,1H3,(H,25,26)/t15-/m0/s1. The summed E-state index contributed by atoms with van der Waals surface area (Å²) in [5.74, 6) is 0.627. The van der Waals surface area contributed by atoms with Crippen LogP contribution in [0.15, 0.2) is 42.5 Å². The van der Waals surface area contributed by atoms with Gasteiger partial charge in [0.05, 0.1) is 22.2 Å². The van der Waals surface area contributed by atoms with E-state index in [0.717, 1.165) is 22.7 Å². The fraction of sp³-hybridized carbons (Fsp3) is 0.350. The molecule has 1 aromatic heterocycles. The summed E-state index contributed by atoms with van der Waals surface area (Å²) in [7, 11) is 0. The van der Waals surface area contributed by atoms with Crippen LogP contribution in [0.2, 0.25) is 0 Å². The van der Waals surface area contributed by atoms with E-state index < -0.39 is 17.8 Å². The van der Waals surface area contributed by atoms with Gasteiger partial charge in [0.15, 0.2) is 0 Å². The predicted molar refractivity (Wildman–Crippen MR) is 100 cm³/mol. The number of ether oxygens (including phenoxy) is 1. The van der Waals surface area contributed by atoms with E-state index in [9.17, 15) is 18.3 Å². The molecule has 2 aromatic carbocycles. The number of aromatic amines is 1. The van der Waals surface area contributed by atoms with Crippen LogP contribution in [0.1, 0.15) is 16.8 Å². The highest BCUT2D eigenvalue weighted by atomic mass is 19.4. The first-order chi connectivity index (χ1) is 13.4. The average molecular weight is 393 g/mol. The minimum absolute atomic E-state index is 0.0653. The van der Waals surface area contributed by atoms with Gasteiger partial charge in [-0.3, -0.25) is 5.10 Å². The highest BCUT2D eigenvalue weighted by Gasteiger charge is 2.32. The molecule has 0 amide bonds. The minimum Gasteiger partial charge on any atom is -0.490 e. The Balaban J connectivity index is 1.47. The summed E-state index contributed by atoms with van der Waals surface area (Å²) in [4.78, 5) is 0. The topological polar surface area (TPSA) is 70.2 Å². The first-order valence-electron chi connectivity index (χ1n) is 8.96. The molecular formula is C20H22F3N3O2. The van der Waals surface area contributed by atoms with Gasteiger partial charge in [-0.1, -0.05) is 24.3 Å². The lowest BCUT2D eigenvalue weighted by molar-refractivity contribution is -0.138. The number of halogens is 3. The van der Waals surface area contributed by atoms with E-state index in [1.165, 1.54) is 12.1 Å². The third-order valence-electron chi connectivity index (χ3n) is 4.44. The summed E-state index contributed by atoms with van der Waals surface area (Å²) in [6, 6.07) is 11.0. The number of nitrogens with zero attached hydrogens (tertiary/aromatic N) is 1. The van der Waals surface area contributed by atoms with Crippen molar-refractivity contribution in [2.24, 2.45) is 0 Å². The Labute approximate surface area is 160 Å². The van der Waals surface area contributed by atoms with Crippen molar-refractivity contribution in [2.45, 2.75) is 25.6 Å². The van der Waals surface area contributed by atoms with Gasteiger partial charge >= 0.3 is 6.18 Å². The number of fused-ring (bicyclic) bond motifs is 1. The zero-order valence-corrected chi connectivity index (χ0v) is 15.4. The molecule has 0 aliphatic carbocycles. The van der Waals surface area contributed by atoms with Crippen LogP contribution < -0.4 is 10.1 Å². The van der Waals surface area contributed by atoms with E-state index >= 15 is 0 Å². The van der Waals surface area contributed by atoms with Gasteiger partial charge in [-0.15, -0.1) is 0 Å². The summed E-state index contributed by atoms with van der Waals surface area (Å²) in [5, 5.41) is 21.0. The van der Waals surface area contributed by atoms with Crippen molar-refractivity contribution in [3.8, 4) is 5.75 Å². The number of nitrogens with one attached hydrogen (secondary N) is 2. The minimum atomic E-state index is -4.36. The SMILES string of the molecule is Cc1n[nH]c2cccc(OC[C@@H](O)CNCCc3ccccc3C(F)(F)F)c12. The Hall–Kier alpha value is -2.58. The Morgan fingerprint density at radius 2 is 1.96 bits per heavy atom. The molecule has 150 valence electrons. The number of aliphatic hydroxyl groups excluding tert-OH is 1. The van der Waals surface area contributed by atoms with Crippen molar-refractivity contribution in [2.75, 3.05) is 19.7 Å². The van der Waals surface area contributed by atoms with E-state index in [1.807, 2.05) is 19.1 Å². The number of aryl methyl sites for hydroxylation is 1. The zero-order chi connectivity index (χ0) is 20.1. The lowest BCUT2D eigenvalue weighted by Crippen LogP contribution is -2.32. The molecule has 5 nitrogen and oxygen atoms in total. The molecule has 1 heterocycles. The fourth-order valence-electron chi connectivity index (χ4n) is 3.07. The van der Waals surface area contributed by atoms with Gasteiger partial charge in [0.25, 0.3) is 0 Å². The van der Waals surface area contributed by atoms with E-state index in [0.29, 0.717) is 12.3 Å². The summed E-state index contributed by atoms with van der Waals surface area (Å²) >= 11 is 0. The zero-order valence-electron chi connectivity index (χ0n) is 15.4. The molecule has 0 bridgehead atoms. The molecule has 0 saturated carbocycles. The maximum Gasteiger partial charge on any atom is 0.416 e. The quantitative estimate of drug-likeness (QED) is 0.513. The highest BCUT2D eigenvalue weighted by molar-refractivity contribution is 5.87. The van der Waals surface area contributed by atoms with Gasteiger partial charge in [0, 0.05) is 6.54 Å². The molecule has 3 aromatic rings. The maximum absolute atomic E-state index is 13.0. The highest BCUT2D eigenvalue weighted by Crippen LogP contribution is 2.32. The van der Waals surface area contributed by atoms with E-state index in [2.05, 4.69) is 15.5 Å².